The summed E-state index contributed by atoms with van der Waals surface area (Å²) in [6.45, 7) is -0.316. The molecular weight excluding hydrogens is 381 g/mol. The fourth-order valence-corrected chi connectivity index (χ4v) is 3.20. The Balaban J connectivity index is 1.55. The second-order valence-corrected chi connectivity index (χ2v) is 6.82. The molecule has 9 heteroatoms. The van der Waals surface area contributed by atoms with E-state index >= 15 is 0 Å². The molecule has 0 radical (unpaired) electrons. The Hall–Kier alpha value is -2.19. The number of alkyl halides is 3. The van der Waals surface area contributed by atoms with E-state index < -0.39 is 12.7 Å². The molecule has 3 rings (SSSR count). The average molecular weight is 399 g/mol. The Labute approximate surface area is 159 Å². The van der Waals surface area contributed by atoms with Gasteiger partial charge < -0.3 is 5.32 Å². The monoisotopic (exact) mass is 398 g/mol. The van der Waals surface area contributed by atoms with Crippen molar-refractivity contribution in [3.63, 3.8) is 0 Å². The zero-order valence-corrected chi connectivity index (χ0v) is 15.1. The molecule has 1 amide bonds. The minimum Gasteiger partial charge on any atom is -0.349 e. The first kappa shape index (κ1) is 19.6. The lowest BCUT2D eigenvalue weighted by molar-refractivity contribution is -0.148. The first-order valence-corrected chi connectivity index (χ1v) is 8.86. The second kappa shape index (κ2) is 8.22. The van der Waals surface area contributed by atoms with E-state index in [4.69, 9.17) is 11.6 Å². The fraction of sp³-hybridized carbons (Fsp3) is 0.389. The zero-order valence-electron chi connectivity index (χ0n) is 14.3. The summed E-state index contributed by atoms with van der Waals surface area (Å²) < 4.78 is 37.2. The van der Waals surface area contributed by atoms with Gasteiger partial charge in [-0.05, 0) is 25.0 Å². The van der Waals surface area contributed by atoms with Gasteiger partial charge in [0.25, 0.3) is 5.91 Å². The van der Waals surface area contributed by atoms with Gasteiger partial charge in [0.05, 0.1) is 17.1 Å². The molecule has 1 fully saturated rings. The Morgan fingerprint density at radius 2 is 1.81 bits per heavy atom. The van der Waals surface area contributed by atoms with Crippen LogP contribution < -0.4 is 5.32 Å². The maximum Gasteiger partial charge on any atom is 0.401 e. The Morgan fingerprint density at radius 1 is 1.19 bits per heavy atom. The van der Waals surface area contributed by atoms with E-state index in [1.54, 1.807) is 18.2 Å². The molecule has 0 bridgehead atoms. The van der Waals surface area contributed by atoms with Crippen molar-refractivity contribution < 1.29 is 18.0 Å². The van der Waals surface area contributed by atoms with Crippen molar-refractivity contribution in [2.24, 2.45) is 0 Å². The maximum absolute atomic E-state index is 12.4. The third-order valence-electron chi connectivity index (χ3n) is 4.35. The molecule has 1 aromatic heterocycles. The smallest absolute Gasteiger partial charge is 0.349 e. The first-order chi connectivity index (χ1) is 12.8. The number of carbonyl (C=O) groups is 1. The number of nitrogens with one attached hydrogen (secondary N) is 1. The van der Waals surface area contributed by atoms with Crippen molar-refractivity contribution in [3.05, 3.63) is 47.2 Å². The fourth-order valence-electron chi connectivity index (χ4n) is 2.98. The predicted molar refractivity (Wildman–Crippen MR) is 95.5 cm³/mol. The normalized spacial score (nSPS) is 16.3. The van der Waals surface area contributed by atoms with E-state index in [2.05, 4.69) is 15.3 Å². The number of halogens is 4. The summed E-state index contributed by atoms with van der Waals surface area (Å²) in [5.74, 6) is 0.0765. The highest BCUT2D eigenvalue weighted by molar-refractivity contribution is 6.33. The number of hydrogen-bond donors (Lipinski definition) is 1. The van der Waals surface area contributed by atoms with Gasteiger partial charge in [0.1, 0.15) is 0 Å². The van der Waals surface area contributed by atoms with Crippen molar-refractivity contribution in [1.29, 1.82) is 0 Å². The number of piperidine rings is 1. The molecule has 0 saturated carbocycles. The molecular formula is C18H18ClF3N4O. The first-order valence-electron chi connectivity index (χ1n) is 8.49. The molecule has 2 heterocycles. The van der Waals surface area contributed by atoms with E-state index in [1.165, 1.54) is 17.3 Å². The van der Waals surface area contributed by atoms with Gasteiger partial charge in [-0.3, -0.25) is 9.69 Å². The summed E-state index contributed by atoms with van der Waals surface area (Å²) in [5.41, 5.74) is 0.965. The quantitative estimate of drug-likeness (QED) is 0.855. The van der Waals surface area contributed by atoms with Crippen LogP contribution in [0.25, 0.3) is 11.4 Å². The molecule has 0 aliphatic carbocycles. The number of aromatic nitrogens is 2. The van der Waals surface area contributed by atoms with Gasteiger partial charge in [-0.1, -0.05) is 23.7 Å². The minimum absolute atomic E-state index is 0.162. The molecule has 2 aromatic rings. The van der Waals surface area contributed by atoms with Crippen LogP contribution in [0.4, 0.5) is 13.2 Å². The topological polar surface area (TPSA) is 58.1 Å². The highest BCUT2D eigenvalue weighted by atomic mass is 35.5. The van der Waals surface area contributed by atoms with Crippen molar-refractivity contribution in [1.82, 2.24) is 20.2 Å². The van der Waals surface area contributed by atoms with E-state index in [0.717, 1.165) is 0 Å². The third-order valence-corrected chi connectivity index (χ3v) is 4.68. The number of rotatable bonds is 4. The molecule has 144 valence electrons. The molecule has 1 saturated heterocycles. The molecule has 0 unspecified atom stereocenters. The van der Waals surface area contributed by atoms with Gasteiger partial charge in [-0.15, -0.1) is 0 Å². The second-order valence-electron chi connectivity index (χ2n) is 6.41. The van der Waals surface area contributed by atoms with E-state index in [1.807, 2.05) is 6.07 Å². The molecule has 1 N–H and O–H groups in total. The summed E-state index contributed by atoms with van der Waals surface area (Å²) in [5, 5.41) is 3.35. The van der Waals surface area contributed by atoms with Crippen molar-refractivity contribution in [2.75, 3.05) is 19.6 Å². The molecule has 1 aliphatic heterocycles. The highest BCUT2D eigenvalue weighted by Gasteiger charge is 2.32. The standard InChI is InChI=1S/C18H18ClF3N4O/c19-15-4-2-1-3-14(15)16-23-9-12(10-24-16)17(27)25-13-5-7-26(8-6-13)11-18(20,21)22/h1-4,9-10,13H,5-8,11H2,(H,25,27). The van der Waals surface area contributed by atoms with Gasteiger partial charge in [0.15, 0.2) is 5.82 Å². The van der Waals surface area contributed by atoms with Gasteiger partial charge in [0, 0.05) is 37.1 Å². The number of carbonyl (C=O) groups excluding carboxylic acids is 1. The molecule has 1 aliphatic rings. The average Bonchev–Trinajstić information content (AvgIpc) is 2.63. The van der Waals surface area contributed by atoms with E-state index in [-0.39, 0.29) is 11.9 Å². The SMILES string of the molecule is O=C(NC1CCN(CC(F)(F)F)CC1)c1cnc(-c2ccccc2Cl)nc1. The number of nitrogens with zero attached hydrogens (tertiary/aromatic N) is 3. The van der Waals surface area contributed by atoms with Gasteiger partial charge in [0.2, 0.25) is 0 Å². The maximum atomic E-state index is 12.4. The molecule has 0 atom stereocenters. The van der Waals surface area contributed by atoms with Crippen molar-refractivity contribution in [3.8, 4) is 11.4 Å². The van der Waals surface area contributed by atoms with Gasteiger partial charge in [-0.2, -0.15) is 13.2 Å². The van der Waals surface area contributed by atoms with Gasteiger partial charge >= 0.3 is 6.18 Å². The lowest BCUT2D eigenvalue weighted by Crippen LogP contribution is -2.47. The summed E-state index contributed by atoms with van der Waals surface area (Å²) in [6, 6.07) is 6.97. The van der Waals surface area contributed by atoms with Crippen LogP contribution in [0.3, 0.4) is 0 Å². The Morgan fingerprint density at radius 3 is 2.41 bits per heavy atom. The van der Waals surface area contributed by atoms with E-state index in [9.17, 15) is 18.0 Å². The largest absolute Gasteiger partial charge is 0.401 e. The van der Waals surface area contributed by atoms with Crippen LogP contribution in [-0.2, 0) is 0 Å². The zero-order chi connectivity index (χ0) is 19.4. The summed E-state index contributed by atoms with van der Waals surface area (Å²) in [4.78, 5) is 22.1. The van der Waals surface area contributed by atoms with Crippen molar-refractivity contribution in [2.45, 2.75) is 25.1 Å². The number of benzene rings is 1. The predicted octanol–water partition coefficient (Wildman–Crippen LogP) is 3.55. The van der Waals surface area contributed by atoms with Crippen LogP contribution in [0, 0.1) is 0 Å². The van der Waals surface area contributed by atoms with Crippen LogP contribution in [0.15, 0.2) is 36.7 Å². The molecule has 5 nitrogen and oxygen atoms in total. The highest BCUT2D eigenvalue weighted by Crippen LogP contribution is 2.24. The van der Waals surface area contributed by atoms with E-state index in [0.29, 0.717) is 47.9 Å². The van der Waals surface area contributed by atoms with Crippen LogP contribution in [0.2, 0.25) is 5.02 Å². The van der Waals surface area contributed by atoms with Crippen LogP contribution >= 0.6 is 11.6 Å². The van der Waals surface area contributed by atoms with Crippen LogP contribution in [-0.4, -0.2) is 52.6 Å². The summed E-state index contributed by atoms with van der Waals surface area (Å²) >= 11 is 6.11. The molecule has 27 heavy (non-hydrogen) atoms. The Bertz CT molecular complexity index is 790. The lowest BCUT2D eigenvalue weighted by atomic mass is 10.0. The summed E-state index contributed by atoms with van der Waals surface area (Å²) in [7, 11) is 0. The lowest BCUT2D eigenvalue weighted by Gasteiger charge is -2.32. The van der Waals surface area contributed by atoms with Crippen molar-refractivity contribution >= 4 is 17.5 Å². The summed E-state index contributed by atoms with van der Waals surface area (Å²) in [6.07, 6.45) is -0.419. The Kier molecular flexibility index (Phi) is 5.96. The van der Waals surface area contributed by atoms with Crippen LogP contribution in [0.5, 0.6) is 0 Å². The minimum atomic E-state index is -4.20. The van der Waals surface area contributed by atoms with Crippen LogP contribution in [0.1, 0.15) is 23.2 Å². The molecule has 1 aromatic carbocycles. The number of hydrogen-bond acceptors (Lipinski definition) is 4. The number of amides is 1. The van der Waals surface area contributed by atoms with Gasteiger partial charge in [-0.25, -0.2) is 9.97 Å². The third kappa shape index (κ3) is 5.40. The molecule has 0 spiro atoms. The number of likely N-dealkylation sites (tertiary alicyclic amines) is 1.